The lowest BCUT2D eigenvalue weighted by Gasteiger charge is -2.33. The van der Waals surface area contributed by atoms with E-state index in [0.29, 0.717) is 0 Å². The maximum absolute atomic E-state index is 4.46. The fourth-order valence-corrected chi connectivity index (χ4v) is 4.32. The van der Waals surface area contributed by atoms with Gasteiger partial charge in [-0.3, -0.25) is 4.99 Å². The lowest BCUT2D eigenvalue weighted by atomic mass is 9.76. The van der Waals surface area contributed by atoms with E-state index in [0.717, 1.165) is 43.9 Å². The average Bonchev–Trinajstić information content (AvgIpc) is 3.44. The summed E-state index contributed by atoms with van der Waals surface area (Å²) in [6.45, 7) is 9.07. The zero-order valence-corrected chi connectivity index (χ0v) is 16.8. The highest BCUT2D eigenvalue weighted by Gasteiger charge is 2.34. The number of benzene rings is 1. The summed E-state index contributed by atoms with van der Waals surface area (Å²) >= 11 is 0. The van der Waals surface area contributed by atoms with Crippen LogP contribution in [0.5, 0.6) is 0 Å². The van der Waals surface area contributed by atoms with Crippen LogP contribution in [-0.2, 0) is 5.41 Å². The lowest BCUT2D eigenvalue weighted by molar-refractivity contribution is 0.314. The standard InChI is InChI=1S/C22H36N4/c1-4-22(5-2,19-9-7-6-8-10-19)17-25-21(23-3)24-15-18-13-14-26(16-18)20-11-12-20/h6-10,18,20H,4-5,11-17H2,1-3H3,(H2,23,24,25). The minimum atomic E-state index is 0.162. The molecule has 0 spiro atoms. The molecule has 1 saturated heterocycles. The van der Waals surface area contributed by atoms with Crippen molar-refractivity contribution < 1.29 is 0 Å². The molecular formula is C22H36N4. The van der Waals surface area contributed by atoms with Crippen molar-refractivity contribution in [1.82, 2.24) is 15.5 Å². The second kappa shape index (κ2) is 8.90. The highest BCUT2D eigenvalue weighted by atomic mass is 15.2. The van der Waals surface area contributed by atoms with E-state index in [1.54, 1.807) is 0 Å². The summed E-state index contributed by atoms with van der Waals surface area (Å²) in [5, 5.41) is 7.18. The summed E-state index contributed by atoms with van der Waals surface area (Å²) in [5.41, 5.74) is 1.58. The van der Waals surface area contributed by atoms with Crippen molar-refractivity contribution in [2.45, 2.75) is 57.4 Å². The van der Waals surface area contributed by atoms with Gasteiger partial charge in [-0.05, 0) is 50.1 Å². The zero-order chi connectivity index (χ0) is 18.4. The Balaban J connectivity index is 1.51. The molecule has 144 valence electrons. The molecule has 0 aromatic heterocycles. The van der Waals surface area contributed by atoms with Gasteiger partial charge in [0.05, 0.1) is 0 Å². The number of hydrogen-bond acceptors (Lipinski definition) is 2. The predicted octanol–water partition coefficient (Wildman–Crippen LogP) is 3.39. The molecule has 2 aliphatic rings. The van der Waals surface area contributed by atoms with Gasteiger partial charge in [0.1, 0.15) is 0 Å². The molecule has 0 amide bonds. The predicted molar refractivity (Wildman–Crippen MR) is 111 cm³/mol. The summed E-state index contributed by atoms with van der Waals surface area (Å²) < 4.78 is 0. The quantitative estimate of drug-likeness (QED) is 0.554. The van der Waals surface area contributed by atoms with Crippen molar-refractivity contribution in [2.24, 2.45) is 10.9 Å². The van der Waals surface area contributed by atoms with E-state index < -0.39 is 0 Å². The van der Waals surface area contributed by atoms with Gasteiger partial charge in [-0.1, -0.05) is 44.2 Å². The first-order valence-electron chi connectivity index (χ1n) is 10.4. The van der Waals surface area contributed by atoms with E-state index in [9.17, 15) is 0 Å². The average molecular weight is 357 g/mol. The third-order valence-corrected chi connectivity index (χ3v) is 6.50. The Kier molecular flexibility index (Phi) is 6.58. The molecule has 2 fully saturated rings. The number of likely N-dealkylation sites (tertiary alicyclic amines) is 1. The Bertz CT molecular complexity index is 575. The third kappa shape index (κ3) is 4.59. The van der Waals surface area contributed by atoms with E-state index in [-0.39, 0.29) is 5.41 Å². The smallest absolute Gasteiger partial charge is 0.191 e. The number of nitrogens with zero attached hydrogens (tertiary/aromatic N) is 2. The Hall–Kier alpha value is -1.55. The third-order valence-electron chi connectivity index (χ3n) is 6.50. The van der Waals surface area contributed by atoms with Crippen LogP contribution in [0.3, 0.4) is 0 Å². The van der Waals surface area contributed by atoms with E-state index in [4.69, 9.17) is 0 Å². The molecule has 0 bridgehead atoms. The van der Waals surface area contributed by atoms with Gasteiger partial charge in [0.2, 0.25) is 0 Å². The van der Waals surface area contributed by atoms with Crippen LogP contribution in [0, 0.1) is 5.92 Å². The van der Waals surface area contributed by atoms with Crippen molar-refractivity contribution in [3.05, 3.63) is 35.9 Å². The molecule has 1 saturated carbocycles. The maximum Gasteiger partial charge on any atom is 0.191 e. The van der Waals surface area contributed by atoms with E-state index in [1.807, 2.05) is 7.05 Å². The van der Waals surface area contributed by atoms with Crippen molar-refractivity contribution in [1.29, 1.82) is 0 Å². The van der Waals surface area contributed by atoms with Crippen LogP contribution in [0.2, 0.25) is 0 Å². The molecule has 1 aliphatic heterocycles. The van der Waals surface area contributed by atoms with Crippen LogP contribution >= 0.6 is 0 Å². The molecule has 26 heavy (non-hydrogen) atoms. The number of rotatable bonds is 8. The first-order valence-corrected chi connectivity index (χ1v) is 10.4. The van der Waals surface area contributed by atoms with Crippen molar-refractivity contribution in [2.75, 3.05) is 33.2 Å². The highest BCUT2D eigenvalue weighted by Crippen LogP contribution is 2.32. The van der Waals surface area contributed by atoms with Crippen LogP contribution < -0.4 is 10.6 Å². The molecule has 1 atom stereocenters. The molecule has 0 radical (unpaired) electrons. The maximum atomic E-state index is 4.46. The van der Waals surface area contributed by atoms with Gasteiger partial charge in [0.25, 0.3) is 0 Å². The van der Waals surface area contributed by atoms with E-state index in [1.165, 1.54) is 37.9 Å². The Morgan fingerprint density at radius 3 is 2.46 bits per heavy atom. The number of aliphatic imine (C=N–C) groups is 1. The summed E-state index contributed by atoms with van der Waals surface area (Å²) in [4.78, 5) is 7.14. The summed E-state index contributed by atoms with van der Waals surface area (Å²) in [7, 11) is 1.88. The fraction of sp³-hybridized carbons (Fsp3) is 0.682. The zero-order valence-electron chi connectivity index (χ0n) is 16.8. The van der Waals surface area contributed by atoms with E-state index in [2.05, 4.69) is 64.7 Å². The fourth-order valence-electron chi connectivity index (χ4n) is 4.32. The second-order valence-corrected chi connectivity index (χ2v) is 8.04. The van der Waals surface area contributed by atoms with E-state index >= 15 is 0 Å². The molecule has 1 unspecified atom stereocenters. The lowest BCUT2D eigenvalue weighted by Crippen LogP contribution is -2.46. The van der Waals surface area contributed by atoms with Gasteiger partial charge < -0.3 is 15.5 Å². The Morgan fingerprint density at radius 1 is 1.12 bits per heavy atom. The molecule has 3 rings (SSSR count). The molecule has 1 aromatic carbocycles. The minimum absolute atomic E-state index is 0.162. The van der Waals surface area contributed by atoms with Gasteiger partial charge >= 0.3 is 0 Å². The van der Waals surface area contributed by atoms with Gasteiger partial charge in [-0.15, -0.1) is 0 Å². The largest absolute Gasteiger partial charge is 0.356 e. The molecule has 4 nitrogen and oxygen atoms in total. The van der Waals surface area contributed by atoms with Gasteiger partial charge in [-0.2, -0.15) is 0 Å². The first-order chi connectivity index (χ1) is 12.7. The van der Waals surface area contributed by atoms with Crippen LogP contribution in [0.1, 0.15) is 51.5 Å². The second-order valence-electron chi connectivity index (χ2n) is 8.04. The topological polar surface area (TPSA) is 39.7 Å². The van der Waals surface area contributed by atoms with Gasteiger partial charge in [0.15, 0.2) is 5.96 Å². The number of nitrogens with one attached hydrogen (secondary N) is 2. The minimum Gasteiger partial charge on any atom is -0.356 e. The normalized spacial score (nSPS) is 21.8. The molecule has 1 heterocycles. The first kappa shape index (κ1) is 19.2. The molecule has 4 heteroatoms. The van der Waals surface area contributed by atoms with Gasteiger partial charge in [-0.25, -0.2) is 0 Å². The van der Waals surface area contributed by atoms with Crippen LogP contribution in [0.15, 0.2) is 35.3 Å². The van der Waals surface area contributed by atoms with Crippen LogP contribution in [0.25, 0.3) is 0 Å². The Morgan fingerprint density at radius 2 is 1.85 bits per heavy atom. The van der Waals surface area contributed by atoms with Gasteiger partial charge in [0, 0.05) is 38.1 Å². The number of guanidine groups is 1. The van der Waals surface area contributed by atoms with Crippen LogP contribution in [-0.4, -0.2) is 50.1 Å². The van der Waals surface area contributed by atoms with Crippen molar-refractivity contribution in [3.63, 3.8) is 0 Å². The highest BCUT2D eigenvalue weighted by molar-refractivity contribution is 5.79. The summed E-state index contributed by atoms with van der Waals surface area (Å²) in [6.07, 6.45) is 6.39. The summed E-state index contributed by atoms with van der Waals surface area (Å²) in [6, 6.07) is 11.8. The SMILES string of the molecule is CCC(CC)(CNC(=NC)NCC1CCN(C2CC2)C1)c1ccccc1. The van der Waals surface area contributed by atoms with Crippen molar-refractivity contribution >= 4 is 5.96 Å². The van der Waals surface area contributed by atoms with Crippen LogP contribution in [0.4, 0.5) is 0 Å². The van der Waals surface area contributed by atoms with Crippen molar-refractivity contribution in [3.8, 4) is 0 Å². The summed E-state index contributed by atoms with van der Waals surface area (Å²) in [5.74, 6) is 1.70. The molecule has 1 aliphatic carbocycles. The molecule has 1 aromatic rings. The monoisotopic (exact) mass is 356 g/mol. The molecular weight excluding hydrogens is 320 g/mol. The number of hydrogen-bond donors (Lipinski definition) is 2. The molecule has 2 N–H and O–H groups in total. The Labute approximate surface area is 159 Å².